The summed E-state index contributed by atoms with van der Waals surface area (Å²) in [6.45, 7) is 0.371. The summed E-state index contributed by atoms with van der Waals surface area (Å²) in [6.07, 6.45) is 1.80. The Morgan fingerprint density at radius 3 is 2.92 bits per heavy atom. The lowest BCUT2D eigenvalue weighted by Gasteiger charge is -2.06. The molecule has 25 heavy (non-hydrogen) atoms. The van der Waals surface area contributed by atoms with Crippen LogP contribution in [0.5, 0.6) is 5.75 Å². The lowest BCUT2D eigenvalue weighted by Crippen LogP contribution is -2.22. The highest BCUT2D eigenvalue weighted by atomic mass is 35.5. The molecular formula is C17H15ClFN3O3. The van der Waals surface area contributed by atoms with E-state index in [1.807, 2.05) is 6.07 Å². The van der Waals surface area contributed by atoms with Gasteiger partial charge in [-0.2, -0.15) is 5.10 Å². The first-order valence-corrected chi connectivity index (χ1v) is 7.82. The van der Waals surface area contributed by atoms with E-state index in [-0.39, 0.29) is 23.3 Å². The molecule has 2 aromatic heterocycles. The number of carbonyl (C=O) groups excluding carboxylic acids is 1. The molecule has 1 N–H and O–H groups in total. The number of hydrogen-bond donors (Lipinski definition) is 1. The van der Waals surface area contributed by atoms with Gasteiger partial charge < -0.3 is 14.5 Å². The fraction of sp³-hybridized carbons (Fsp3) is 0.176. The molecule has 0 fully saturated rings. The summed E-state index contributed by atoms with van der Waals surface area (Å²) in [6, 6.07) is 8.84. The Balaban J connectivity index is 1.55. The lowest BCUT2D eigenvalue weighted by molar-refractivity contribution is 0.0918. The summed E-state index contributed by atoms with van der Waals surface area (Å²) in [4.78, 5) is 12.1. The van der Waals surface area contributed by atoms with Crippen LogP contribution < -0.4 is 10.1 Å². The molecule has 3 aromatic rings. The van der Waals surface area contributed by atoms with Crippen molar-refractivity contribution in [1.82, 2.24) is 15.1 Å². The molecule has 2 heterocycles. The van der Waals surface area contributed by atoms with Crippen LogP contribution in [0.15, 0.2) is 47.0 Å². The van der Waals surface area contributed by atoms with Crippen molar-refractivity contribution in [2.75, 3.05) is 0 Å². The van der Waals surface area contributed by atoms with Crippen LogP contribution in [0, 0.1) is 5.82 Å². The number of aromatic nitrogens is 2. The average molecular weight is 364 g/mol. The van der Waals surface area contributed by atoms with E-state index in [9.17, 15) is 9.18 Å². The van der Waals surface area contributed by atoms with Gasteiger partial charge in [-0.15, -0.1) is 0 Å². The van der Waals surface area contributed by atoms with Gasteiger partial charge >= 0.3 is 0 Å². The molecule has 1 amide bonds. The SMILES string of the molecule is Cn1ccc(CNC(=O)c2ccc(COc3ccc(F)cc3Cl)o2)n1. The summed E-state index contributed by atoms with van der Waals surface area (Å²) in [5.74, 6) is 0.155. The summed E-state index contributed by atoms with van der Waals surface area (Å²) >= 11 is 5.89. The number of amides is 1. The number of aryl methyl sites for hydroxylation is 1. The monoisotopic (exact) mass is 363 g/mol. The molecule has 8 heteroatoms. The molecule has 0 saturated carbocycles. The Bertz CT molecular complexity index is 891. The maximum atomic E-state index is 13.0. The van der Waals surface area contributed by atoms with Crippen molar-refractivity contribution in [3.63, 3.8) is 0 Å². The Hall–Kier alpha value is -2.80. The second kappa shape index (κ2) is 7.40. The van der Waals surface area contributed by atoms with Gasteiger partial charge in [-0.05, 0) is 36.4 Å². The maximum absolute atomic E-state index is 13.0. The normalized spacial score (nSPS) is 10.7. The Labute approximate surface area is 148 Å². The molecule has 130 valence electrons. The second-order valence-corrected chi connectivity index (χ2v) is 5.70. The number of nitrogens with one attached hydrogen (secondary N) is 1. The molecule has 0 aliphatic heterocycles. The largest absolute Gasteiger partial charge is 0.484 e. The highest BCUT2D eigenvalue weighted by Gasteiger charge is 2.12. The van der Waals surface area contributed by atoms with Crippen LogP contribution >= 0.6 is 11.6 Å². The molecule has 0 unspecified atom stereocenters. The summed E-state index contributed by atoms with van der Waals surface area (Å²) < 4.78 is 25.6. The minimum Gasteiger partial charge on any atom is -0.484 e. The number of furan rings is 1. The molecule has 3 rings (SSSR count). The highest BCUT2D eigenvalue weighted by Crippen LogP contribution is 2.25. The minimum absolute atomic E-state index is 0.0683. The van der Waals surface area contributed by atoms with Gasteiger partial charge in [0.1, 0.15) is 23.9 Å². The van der Waals surface area contributed by atoms with Gasteiger partial charge in [0.25, 0.3) is 5.91 Å². The number of ether oxygens (including phenoxy) is 1. The zero-order valence-electron chi connectivity index (χ0n) is 13.3. The lowest BCUT2D eigenvalue weighted by atomic mass is 10.3. The number of rotatable bonds is 6. The highest BCUT2D eigenvalue weighted by molar-refractivity contribution is 6.32. The van der Waals surface area contributed by atoms with Gasteiger partial charge in [-0.25, -0.2) is 4.39 Å². The molecule has 0 saturated heterocycles. The van der Waals surface area contributed by atoms with Crippen LogP contribution in [0.2, 0.25) is 5.02 Å². The average Bonchev–Trinajstić information content (AvgIpc) is 3.21. The minimum atomic E-state index is -0.442. The first-order chi connectivity index (χ1) is 12.0. The number of carbonyl (C=O) groups is 1. The maximum Gasteiger partial charge on any atom is 0.287 e. The van der Waals surface area contributed by atoms with Crippen LogP contribution in [0.3, 0.4) is 0 Å². The van der Waals surface area contributed by atoms with Crippen LogP contribution in [0.1, 0.15) is 22.0 Å². The molecule has 0 aliphatic rings. The summed E-state index contributed by atoms with van der Waals surface area (Å²) in [5.41, 5.74) is 0.747. The van der Waals surface area contributed by atoms with Crippen LogP contribution in [0.4, 0.5) is 4.39 Å². The van der Waals surface area contributed by atoms with Crippen molar-refractivity contribution in [1.29, 1.82) is 0 Å². The molecular weight excluding hydrogens is 349 g/mol. The number of halogens is 2. The smallest absolute Gasteiger partial charge is 0.287 e. The number of hydrogen-bond acceptors (Lipinski definition) is 4. The van der Waals surface area contributed by atoms with Gasteiger partial charge in [-0.1, -0.05) is 11.6 Å². The third kappa shape index (κ3) is 4.39. The molecule has 0 atom stereocenters. The Morgan fingerprint density at radius 1 is 1.36 bits per heavy atom. The van der Waals surface area contributed by atoms with E-state index in [4.69, 9.17) is 20.8 Å². The first-order valence-electron chi connectivity index (χ1n) is 7.44. The van der Waals surface area contributed by atoms with Crippen molar-refractivity contribution in [2.24, 2.45) is 7.05 Å². The predicted molar refractivity (Wildman–Crippen MR) is 88.8 cm³/mol. The van der Waals surface area contributed by atoms with Gasteiger partial charge in [0.05, 0.1) is 17.3 Å². The fourth-order valence-electron chi connectivity index (χ4n) is 2.13. The van der Waals surface area contributed by atoms with E-state index < -0.39 is 5.82 Å². The Morgan fingerprint density at radius 2 is 2.20 bits per heavy atom. The van der Waals surface area contributed by atoms with E-state index in [1.54, 1.807) is 30.1 Å². The third-order valence-corrected chi connectivity index (χ3v) is 3.64. The standard InChI is InChI=1S/C17H15ClFN3O3/c1-22-7-6-12(21-22)9-20-17(23)16-5-3-13(25-16)10-24-15-4-2-11(19)8-14(15)18/h2-8H,9-10H2,1H3,(H,20,23). The first kappa shape index (κ1) is 17.0. The Kier molecular flexibility index (Phi) is 5.04. The molecule has 0 radical (unpaired) electrons. The summed E-state index contributed by atoms with van der Waals surface area (Å²) in [7, 11) is 1.80. The predicted octanol–water partition coefficient (Wildman–Crippen LogP) is 3.31. The van der Waals surface area contributed by atoms with Crippen LogP contribution in [-0.4, -0.2) is 15.7 Å². The van der Waals surface area contributed by atoms with E-state index in [0.717, 1.165) is 11.8 Å². The molecule has 1 aromatic carbocycles. The van der Waals surface area contributed by atoms with Crippen LogP contribution in [0.25, 0.3) is 0 Å². The number of nitrogens with zero attached hydrogens (tertiary/aromatic N) is 2. The van der Waals surface area contributed by atoms with Crippen molar-refractivity contribution in [3.05, 3.63) is 70.6 Å². The summed E-state index contributed by atoms with van der Waals surface area (Å²) in [5, 5.41) is 7.06. The zero-order valence-corrected chi connectivity index (χ0v) is 14.1. The molecule has 6 nitrogen and oxygen atoms in total. The van der Waals surface area contributed by atoms with E-state index in [0.29, 0.717) is 18.1 Å². The quantitative estimate of drug-likeness (QED) is 0.729. The van der Waals surface area contributed by atoms with Gasteiger partial charge in [0, 0.05) is 13.2 Å². The van der Waals surface area contributed by atoms with Crippen molar-refractivity contribution in [2.45, 2.75) is 13.2 Å². The van der Waals surface area contributed by atoms with Crippen LogP contribution in [-0.2, 0) is 20.2 Å². The van der Waals surface area contributed by atoms with E-state index >= 15 is 0 Å². The molecule has 0 spiro atoms. The van der Waals surface area contributed by atoms with Crippen molar-refractivity contribution >= 4 is 17.5 Å². The van der Waals surface area contributed by atoms with Gasteiger partial charge in [-0.3, -0.25) is 9.48 Å². The second-order valence-electron chi connectivity index (χ2n) is 5.29. The van der Waals surface area contributed by atoms with Gasteiger partial charge in [0.15, 0.2) is 5.76 Å². The van der Waals surface area contributed by atoms with Crippen molar-refractivity contribution < 1.29 is 18.3 Å². The molecule has 0 aliphatic carbocycles. The van der Waals surface area contributed by atoms with Gasteiger partial charge in [0.2, 0.25) is 0 Å². The number of benzene rings is 1. The molecule has 0 bridgehead atoms. The van der Waals surface area contributed by atoms with Crippen molar-refractivity contribution in [3.8, 4) is 5.75 Å². The van der Waals surface area contributed by atoms with E-state index in [2.05, 4.69) is 10.4 Å². The third-order valence-electron chi connectivity index (χ3n) is 3.35. The van der Waals surface area contributed by atoms with E-state index in [1.165, 1.54) is 12.1 Å². The zero-order chi connectivity index (χ0) is 17.8. The fourth-order valence-corrected chi connectivity index (χ4v) is 2.36. The topological polar surface area (TPSA) is 69.3 Å².